The quantitative estimate of drug-likeness (QED) is 0.0258. The zero-order valence-electron chi connectivity index (χ0n) is 31.4. The van der Waals surface area contributed by atoms with Gasteiger partial charge in [-0.15, -0.1) is 0 Å². The minimum Gasteiger partial charge on any atom is -0.462 e. The third-order valence-corrected chi connectivity index (χ3v) is 10.5. The number of ether oxygens (including phenoxy) is 2. The minimum absolute atomic E-state index is 0.0988. The molecule has 1 aliphatic carbocycles. The summed E-state index contributed by atoms with van der Waals surface area (Å²) >= 11 is 0. The van der Waals surface area contributed by atoms with E-state index in [4.69, 9.17) is 18.5 Å². The van der Waals surface area contributed by atoms with Crippen LogP contribution in [0.5, 0.6) is 0 Å². The number of aliphatic hydroxyl groups excluding tert-OH is 5. The molecule has 0 aromatic heterocycles. The molecular formula is C37H71O13P. The van der Waals surface area contributed by atoms with Crippen LogP contribution in [0.2, 0.25) is 0 Å². The molecule has 0 aliphatic heterocycles. The van der Waals surface area contributed by atoms with E-state index in [0.717, 1.165) is 26.2 Å². The number of esters is 2. The second-order valence-corrected chi connectivity index (χ2v) is 15.6. The fraction of sp³-hybridized carbons (Fsp3) is 0.946. The zero-order chi connectivity index (χ0) is 37.9. The molecule has 1 aliphatic rings. The molecule has 0 spiro atoms. The van der Waals surface area contributed by atoms with Crippen molar-refractivity contribution in [2.45, 2.75) is 211 Å². The van der Waals surface area contributed by atoms with Crippen LogP contribution in [-0.4, -0.2) is 98.3 Å². The summed E-state index contributed by atoms with van der Waals surface area (Å²) in [4.78, 5) is 33.8. The number of aliphatic hydroxyl groups is 5. The third-order valence-electron chi connectivity index (χ3n) is 9.51. The molecule has 0 aromatic rings. The Bertz CT molecular complexity index is 922. The lowest BCUT2D eigenvalue weighted by Gasteiger charge is -2.41. The molecule has 1 rings (SSSR count). The average Bonchev–Trinajstić information content (AvgIpc) is 3.09. The van der Waals surface area contributed by atoms with Crippen molar-refractivity contribution in [3.8, 4) is 0 Å². The van der Waals surface area contributed by atoms with E-state index >= 15 is 0 Å². The fourth-order valence-corrected chi connectivity index (χ4v) is 7.28. The van der Waals surface area contributed by atoms with Crippen LogP contribution in [0.15, 0.2) is 0 Å². The highest BCUT2D eigenvalue weighted by Crippen LogP contribution is 2.47. The van der Waals surface area contributed by atoms with Gasteiger partial charge in [-0.05, 0) is 6.42 Å². The number of phosphoric ester groups is 1. The van der Waals surface area contributed by atoms with Crippen molar-refractivity contribution in [1.82, 2.24) is 0 Å². The smallest absolute Gasteiger partial charge is 0.462 e. The van der Waals surface area contributed by atoms with E-state index in [2.05, 4.69) is 6.92 Å². The van der Waals surface area contributed by atoms with Crippen LogP contribution in [0.4, 0.5) is 0 Å². The molecule has 0 heterocycles. The van der Waals surface area contributed by atoms with E-state index in [1.807, 2.05) is 0 Å². The Hall–Kier alpha value is -1.15. The summed E-state index contributed by atoms with van der Waals surface area (Å²) in [6, 6.07) is 0. The van der Waals surface area contributed by atoms with E-state index < -0.39 is 75.7 Å². The van der Waals surface area contributed by atoms with Gasteiger partial charge in [-0.25, -0.2) is 4.57 Å². The number of rotatable bonds is 32. The van der Waals surface area contributed by atoms with Gasteiger partial charge in [0.1, 0.15) is 43.2 Å². The molecule has 0 saturated heterocycles. The van der Waals surface area contributed by atoms with Gasteiger partial charge >= 0.3 is 19.8 Å². The molecule has 6 N–H and O–H groups in total. The lowest BCUT2D eigenvalue weighted by atomic mass is 9.85. The number of phosphoric acid groups is 1. The Morgan fingerprint density at radius 2 is 0.922 bits per heavy atom. The summed E-state index contributed by atoms with van der Waals surface area (Å²) in [5.41, 5.74) is 0. The highest BCUT2D eigenvalue weighted by Gasteiger charge is 2.51. The molecule has 302 valence electrons. The Labute approximate surface area is 306 Å². The molecule has 14 heteroatoms. The van der Waals surface area contributed by atoms with E-state index in [0.29, 0.717) is 6.42 Å². The van der Waals surface area contributed by atoms with Gasteiger partial charge in [0.25, 0.3) is 0 Å². The SMILES string of the molecule is CCCCCCCCCCCCCCCCCCCCCCCCCC(=O)OC(COC(C)=O)COP(=O)(O)OC1C(O)C(O)C(O)C(O)C1O. The van der Waals surface area contributed by atoms with E-state index in [-0.39, 0.29) is 6.42 Å². The van der Waals surface area contributed by atoms with Gasteiger partial charge < -0.3 is 39.9 Å². The fourth-order valence-electron chi connectivity index (χ4n) is 6.31. The maximum Gasteiger partial charge on any atom is 0.472 e. The molecule has 6 atom stereocenters. The standard InChI is InChI=1S/C37H71O13P/c1-3-4-5-6-7-8-9-10-11-12-13-14-15-16-17-18-19-20-21-22-23-24-25-26-31(39)49-30(27-47-29(2)38)28-48-51(45,46)50-37-35(43)33(41)32(40)34(42)36(37)44/h30,32-37,40-44H,3-28H2,1-2H3,(H,45,46). The van der Waals surface area contributed by atoms with Gasteiger partial charge in [-0.2, -0.15) is 0 Å². The second kappa shape index (κ2) is 29.2. The van der Waals surface area contributed by atoms with Crippen molar-refractivity contribution in [1.29, 1.82) is 0 Å². The van der Waals surface area contributed by atoms with Gasteiger partial charge in [0.15, 0.2) is 6.10 Å². The van der Waals surface area contributed by atoms with Crippen LogP contribution < -0.4 is 0 Å². The molecule has 13 nitrogen and oxygen atoms in total. The van der Waals surface area contributed by atoms with Gasteiger partial charge in [0.05, 0.1) is 6.61 Å². The summed E-state index contributed by atoms with van der Waals surface area (Å²) in [5, 5.41) is 49.4. The molecule has 1 fully saturated rings. The number of carbonyl (C=O) groups excluding carboxylic acids is 2. The maximum atomic E-state index is 12.5. The van der Waals surface area contributed by atoms with Crippen molar-refractivity contribution in [3.05, 3.63) is 0 Å². The molecular weight excluding hydrogens is 683 g/mol. The largest absolute Gasteiger partial charge is 0.472 e. The van der Waals surface area contributed by atoms with Crippen molar-refractivity contribution >= 4 is 19.8 Å². The first-order valence-corrected chi connectivity index (χ1v) is 21.3. The first kappa shape index (κ1) is 47.9. The van der Waals surface area contributed by atoms with E-state index in [1.165, 1.54) is 122 Å². The van der Waals surface area contributed by atoms with Crippen molar-refractivity contribution in [2.24, 2.45) is 0 Å². The van der Waals surface area contributed by atoms with Crippen molar-refractivity contribution < 1.29 is 63.1 Å². The predicted octanol–water partition coefficient (Wildman–Crippen LogP) is 6.16. The normalized spacial score (nSPS) is 23.8. The monoisotopic (exact) mass is 754 g/mol. The highest BCUT2D eigenvalue weighted by molar-refractivity contribution is 7.47. The van der Waals surface area contributed by atoms with Crippen LogP contribution in [0.3, 0.4) is 0 Å². The summed E-state index contributed by atoms with van der Waals surface area (Å²) in [5.74, 6) is -1.28. The first-order chi connectivity index (χ1) is 24.4. The maximum absolute atomic E-state index is 12.5. The molecule has 0 aromatic carbocycles. The number of unbranched alkanes of at least 4 members (excludes halogenated alkanes) is 22. The predicted molar refractivity (Wildman–Crippen MR) is 194 cm³/mol. The Morgan fingerprint density at radius 3 is 1.29 bits per heavy atom. The van der Waals surface area contributed by atoms with Crippen LogP contribution >= 0.6 is 7.82 Å². The molecule has 0 bridgehead atoms. The van der Waals surface area contributed by atoms with E-state index in [9.17, 15) is 44.6 Å². The first-order valence-electron chi connectivity index (χ1n) is 19.8. The van der Waals surface area contributed by atoms with Gasteiger partial charge in [0, 0.05) is 13.3 Å². The summed E-state index contributed by atoms with van der Waals surface area (Å²) in [6.07, 6.45) is 16.2. The highest BCUT2D eigenvalue weighted by atomic mass is 31.2. The minimum atomic E-state index is -5.07. The third kappa shape index (κ3) is 23.3. The second-order valence-electron chi connectivity index (χ2n) is 14.2. The molecule has 1 saturated carbocycles. The molecule has 0 radical (unpaired) electrons. The lowest BCUT2D eigenvalue weighted by Crippen LogP contribution is -2.64. The summed E-state index contributed by atoms with van der Waals surface area (Å²) in [6.45, 7) is 2.21. The van der Waals surface area contributed by atoms with Crippen LogP contribution in [0, 0.1) is 0 Å². The molecule has 51 heavy (non-hydrogen) atoms. The zero-order valence-corrected chi connectivity index (χ0v) is 32.3. The van der Waals surface area contributed by atoms with Crippen molar-refractivity contribution in [3.63, 3.8) is 0 Å². The average molecular weight is 755 g/mol. The Balaban J connectivity index is 2.11. The van der Waals surface area contributed by atoms with E-state index in [1.54, 1.807) is 0 Å². The summed E-state index contributed by atoms with van der Waals surface area (Å²) in [7, 11) is -5.07. The lowest BCUT2D eigenvalue weighted by molar-refractivity contribution is -0.220. The van der Waals surface area contributed by atoms with Gasteiger partial charge in [-0.3, -0.25) is 18.6 Å². The van der Waals surface area contributed by atoms with Crippen LogP contribution in [0.1, 0.15) is 168 Å². The molecule has 0 amide bonds. The molecule has 6 unspecified atom stereocenters. The number of carbonyl (C=O) groups is 2. The number of hydrogen-bond acceptors (Lipinski definition) is 12. The van der Waals surface area contributed by atoms with Gasteiger partial charge in [0.2, 0.25) is 0 Å². The Morgan fingerprint density at radius 1 is 0.569 bits per heavy atom. The van der Waals surface area contributed by atoms with Crippen LogP contribution in [0.25, 0.3) is 0 Å². The van der Waals surface area contributed by atoms with Crippen LogP contribution in [-0.2, 0) is 32.7 Å². The topological polar surface area (TPSA) is 210 Å². The van der Waals surface area contributed by atoms with Crippen molar-refractivity contribution in [2.75, 3.05) is 13.2 Å². The number of hydrogen-bond donors (Lipinski definition) is 6. The summed E-state index contributed by atoms with van der Waals surface area (Å²) < 4.78 is 32.3. The van der Waals surface area contributed by atoms with Gasteiger partial charge in [-0.1, -0.05) is 148 Å². The Kier molecular flexibility index (Phi) is 27.4.